The highest BCUT2D eigenvalue weighted by molar-refractivity contribution is 7.99. The lowest BCUT2D eigenvalue weighted by molar-refractivity contribution is -0.268. The molecule has 1 aliphatic heterocycles. The maximum absolute atomic E-state index is 11.8. The summed E-state index contributed by atoms with van der Waals surface area (Å²) in [6, 6.07) is 24.0. The second kappa shape index (κ2) is 14.3. The van der Waals surface area contributed by atoms with Crippen molar-refractivity contribution in [2.75, 3.05) is 12.4 Å². The summed E-state index contributed by atoms with van der Waals surface area (Å²) in [4.78, 5) is 16.1. The van der Waals surface area contributed by atoms with Gasteiger partial charge in [-0.25, -0.2) is 9.78 Å². The van der Waals surface area contributed by atoms with E-state index >= 15 is 0 Å². The van der Waals surface area contributed by atoms with Gasteiger partial charge in [0.15, 0.2) is 11.4 Å². The molecule has 0 spiro atoms. The van der Waals surface area contributed by atoms with Crippen LogP contribution >= 0.6 is 11.8 Å². The number of hydrogen-bond donors (Lipinski definition) is 3. The van der Waals surface area contributed by atoms with Gasteiger partial charge in [-0.1, -0.05) is 92.0 Å². The zero-order valence-corrected chi connectivity index (χ0v) is 24.1. The maximum Gasteiger partial charge on any atom is 0.407 e. The summed E-state index contributed by atoms with van der Waals surface area (Å²) < 4.78 is 18.2. The summed E-state index contributed by atoms with van der Waals surface area (Å²) >= 11 is 1.56. The first-order valence-electron chi connectivity index (χ1n) is 13.7. The average molecular weight is 587 g/mol. The molecule has 0 radical (unpaired) electrons. The highest BCUT2D eigenvalue weighted by Gasteiger charge is 2.38. The van der Waals surface area contributed by atoms with Crippen LogP contribution in [0.25, 0.3) is 11.1 Å². The van der Waals surface area contributed by atoms with Crippen LogP contribution in [0.5, 0.6) is 0 Å². The Morgan fingerprint density at radius 1 is 1.07 bits per heavy atom. The van der Waals surface area contributed by atoms with Crippen molar-refractivity contribution in [2.45, 2.75) is 43.7 Å². The standard InChI is InChI=1S/C32H34N4O5S/c1-3-14-39-32(38)33-17-23-6-4-7-25(15-23)26-8-5-9-27(16-26)30-40-28(19-42-31-34-20-35-36-31)21(2)29(41-30)24-12-10-22(18-37)11-13-24/h3-13,15-16,20-21,28-30,37H,1,14,17-19H2,2H3,(H,33,38)(H,34,35,36)/t21-,28+,29+,30+/m1/s1. The van der Waals surface area contributed by atoms with Crippen molar-refractivity contribution in [3.8, 4) is 11.1 Å². The fraction of sp³-hybridized carbons (Fsp3) is 0.281. The number of aliphatic hydroxyl groups excluding tert-OH is 1. The molecule has 2 heterocycles. The van der Waals surface area contributed by atoms with E-state index in [2.05, 4.69) is 40.1 Å². The van der Waals surface area contributed by atoms with Crippen LogP contribution in [0.3, 0.4) is 0 Å². The third kappa shape index (κ3) is 7.46. The van der Waals surface area contributed by atoms with Gasteiger partial charge in [0.05, 0.1) is 18.8 Å². The van der Waals surface area contributed by atoms with E-state index in [1.54, 1.807) is 11.8 Å². The lowest BCUT2D eigenvalue weighted by atomic mass is 9.91. The van der Waals surface area contributed by atoms with Gasteiger partial charge in [-0.2, -0.15) is 5.10 Å². The van der Waals surface area contributed by atoms with Gasteiger partial charge in [0.2, 0.25) is 0 Å². The fourth-order valence-corrected chi connectivity index (χ4v) is 5.76. The average Bonchev–Trinajstić information content (AvgIpc) is 3.56. The molecule has 0 unspecified atom stereocenters. The summed E-state index contributed by atoms with van der Waals surface area (Å²) in [7, 11) is 0. The number of hydrogen-bond acceptors (Lipinski definition) is 8. The Morgan fingerprint density at radius 2 is 1.86 bits per heavy atom. The van der Waals surface area contributed by atoms with Crippen LogP contribution in [-0.4, -0.2) is 44.8 Å². The molecule has 1 aromatic heterocycles. The maximum atomic E-state index is 11.8. The van der Waals surface area contributed by atoms with Crippen LogP contribution in [0.4, 0.5) is 4.79 Å². The van der Waals surface area contributed by atoms with E-state index in [1.165, 1.54) is 12.4 Å². The van der Waals surface area contributed by atoms with Gasteiger partial charge in [-0.05, 0) is 39.9 Å². The van der Waals surface area contributed by atoms with E-state index in [9.17, 15) is 9.90 Å². The molecule has 3 aromatic carbocycles. The number of aromatic amines is 1. The van der Waals surface area contributed by atoms with Gasteiger partial charge in [0, 0.05) is 23.8 Å². The number of nitrogens with zero attached hydrogens (tertiary/aromatic N) is 2. The van der Waals surface area contributed by atoms with Gasteiger partial charge >= 0.3 is 6.09 Å². The SMILES string of the molecule is C=CCOC(=O)NCc1cccc(-c2cccc([C@H]3O[C@@H](CSc4ncn[nH]4)[C@@H](C)[C@@H](c4ccc(CO)cc4)O3)c2)c1. The lowest BCUT2D eigenvalue weighted by Crippen LogP contribution is -2.38. The topological polar surface area (TPSA) is 119 Å². The van der Waals surface area contributed by atoms with E-state index in [4.69, 9.17) is 14.2 Å². The van der Waals surface area contributed by atoms with Crippen molar-refractivity contribution in [3.05, 3.63) is 114 Å². The first-order valence-corrected chi connectivity index (χ1v) is 14.7. The van der Waals surface area contributed by atoms with Crippen LogP contribution in [-0.2, 0) is 27.4 Å². The lowest BCUT2D eigenvalue weighted by Gasteiger charge is -2.41. The van der Waals surface area contributed by atoms with Crippen molar-refractivity contribution in [2.24, 2.45) is 5.92 Å². The smallest absolute Gasteiger partial charge is 0.407 e. The molecule has 4 atom stereocenters. The molecule has 3 N–H and O–H groups in total. The third-order valence-corrected chi connectivity index (χ3v) is 8.05. The van der Waals surface area contributed by atoms with Crippen LogP contribution in [0, 0.1) is 5.92 Å². The van der Waals surface area contributed by atoms with Gasteiger partial charge in [0.1, 0.15) is 12.9 Å². The number of carbonyl (C=O) groups is 1. The minimum absolute atomic E-state index is 0.00695. The zero-order valence-electron chi connectivity index (χ0n) is 23.3. The molecule has 10 heteroatoms. The number of H-pyrrole nitrogens is 1. The van der Waals surface area contributed by atoms with E-state index in [-0.39, 0.29) is 31.3 Å². The van der Waals surface area contributed by atoms with Crippen LogP contribution in [0.1, 0.15) is 41.6 Å². The summed E-state index contributed by atoms with van der Waals surface area (Å²) in [5, 5.41) is 19.9. The molecule has 218 valence electrons. The summed E-state index contributed by atoms with van der Waals surface area (Å²) in [5.41, 5.74) is 5.75. The molecule has 9 nitrogen and oxygen atoms in total. The van der Waals surface area contributed by atoms with Crippen molar-refractivity contribution < 1.29 is 24.1 Å². The van der Waals surface area contributed by atoms with Gasteiger partial charge in [-0.15, -0.1) is 0 Å². The highest BCUT2D eigenvalue weighted by atomic mass is 32.2. The number of amides is 1. The van der Waals surface area contributed by atoms with Crippen molar-refractivity contribution in [1.82, 2.24) is 20.5 Å². The Kier molecular flexibility index (Phi) is 10.0. The molecule has 1 fully saturated rings. The van der Waals surface area contributed by atoms with E-state index in [0.29, 0.717) is 12.3 Å². The van der Waals surface area contributed by atoms with Crippen molar-refractivity contribution >= 4 is 17.9 Å². The van der Waals surface area contributed by atoms with Crippen molar-refractivity contribution in [3.63, 3.8) is 0 Å². The first kappa shape index (κ1) is 29.5. The Labute approximate surface area is 249 Å². The molecule has 1 aliphatic rings. The summed E-state index contributed by atoms with van der Waals surface area (Å²) in [6.45, 7) is 6.19. The number of nitrogens with one attached hydrogen (secondary N) is 2. The highest BCUT2D eigenvalue weighted by Crippen LogP contribution is 2.43. The Morgan fingerprint density at radius 3 is 2.60 bits per heavy atom. The minimum atomic E-state index is -0.589. The van der Waals surface area contributed by atoms with E-state index in [0.717, 1.165) is 38.5 Å². The van der Waals surface area contributed by atoms with Crippen LogP contribution in [0.2, 0.25) is 0 Å². The monoisotopic (exact) mass is 586 g/mol. The second-order valence-corrected chi connectivity index (χ2v) is 11.0. The molecule has 1 amide bonds. The third-order valence-electron chi connectivity index (χ3n) is 7.09. The second-order valence-electron chi connectivity index (χ2n) is 9.99. The number of thioether (sulfide) groups is 1. The number of carbonyl (C=O) groups excluding carboxylic acids is 1. The number of aliphatic hydroxyl groups is 1. The summed E-state index contributed by atoms with van der Waals surface area (Å²) in [6.07, 6.45) is 1.61. The normalized spacial score (nSPS) is 20.1. The molecule has 0 aliphatic carbocycles. The first-order chi connectivity index (χ1) is 20.5. The molecule has 0 saturated carbocycles. The van der Waals surface area contributed by atoms with Crippen molar-refractivity contribution in [1.29, 1.82) is 0 Å². The number of ether oxygens (including phenoxy) is 3. The molecule has 0 bridgehead atoms. The summed E-state index contributed by atoms with van der Waals surface area (Å²) in [5.74, 6) is 0.730. The number of rotatable bonds is 11. The largest absolute Gasteiger partial charge is 0.445 e. The fourth-order valence-electron chi connectivity index (χ4n) is 4.82. The molecular formula is C32H34N4O5S. The predicted molar refractivity (Wildman–Crippen MR) is 160 cm³/mol. The zero-order chi connectivity index (χ0) is 29.3. The Bertz CT molecular complexity index is 1460. The quantitative estimate of drug-likeness (QED) is 0.146. The predicted octanol–water partition coefficient (Wildman–Crippen LogP) is 5.96. The van der Waals surface area contributed by atoms with Crippen LogP contribution < -0.4 is 5.32 Å². The van der Waals surface area contributed by atoms with Gasteiger partial charge in [-0.3, -0.25) is 5.10 Å². The van der Waals surface area contributed by atoms with Gasteiger partial charge in [0.25, 0.3) is 0 Å². The molecule has 5 rings (SSSR count). The van der Waals surface area contributed by atoms with Crippen LogP contribution in [0.15, 0.2) is 96.9 Å². The molecular weight excluding hydrogens is 552 g/mol. The number of benzene rings is 3. The molecule has 4 aromatic rings. The molecule has 42 heavy (non-hydrogen) atoms. The van der Waals surface area contributed by atoms with E-state index in [1.807, 2.05) is 66.7 Å². The Balaban J connectivity index is 1.36. The number of alkyl carbamates (subject to hydrolysis) is 1. The number of aromatic nitrogens is 3. The van der Waals surface area contributed by atoms with Gasteiger partial charge < -0.3 is 24.6 Å². The van der Waals surface area contributed by atoms with E-state index < -0.39 is 12.4 Å². The molecule has 1 saturated heterocycles. The Hall–Kier alpha value is -3.96. The minimum Gasteiger partial charge on any atom is -0.445 e.